The molecule has 1 aliphatic heterocycles. The van der Waals surface area contributed by atoms with Crippen LogP contribution in [0.2, 0.25) is 0 Å². The first kappa shape index (κ1) is 17.0. The summed E-state index contributed by atoms with van der Waals surface area (Å²) in [5.74, 6) is 0.881. The number of β-amino-alcohol motifs (C(OH)–C–C–N with tert-alkyl or cyclic N) is 1. The minimum absolute atomic E-state index is 0.466. The molecule has 4 heteroatoms. The van der Waals surface area contributed by atoms with E-state index in [0.29, 0.717) is 13.2 Å². The second-order valence-electron chi connectivity index (χ2n) is 6.01. The maximum Gasteiger partial charge on any atom is 0.119 e. The van der Waals surface area contributed by atoms with E-state index in [0.717, 1.165) is 48.7 Å². The second kappa shape index (κ2) is 8.29. The molecule has 0 unspecified atom stereocenters. The van der Waals surface area contributed by atoms with Crippen LogP contribution in [0, 0.1) is 0 Å². The van der Waals surface area contributed by atoms with Gasteiger partial charge >= 0.3 is 0 Å². The Labute approximate surface area is 143 Å². The zero-order valence-corrected chi connectivity index (χ0v) is 14.1. The summed E-state index contributed by atoms with van der Waals surface area (Å²) in [7, 11) is 0. The maximum absolute atomic E-state index is 10.4. The van der Waals surface area contributed by atoms with Crippen LogP contribution in [0.3, 0.4) is 0 Å². The van der Waals surface area contributed by atoms with E-state index in [1.165, 1.54) is 0 Å². The zero-order valence-electron chi connectivity index (χ0n) is 14.1. The quantitative estimate of drug-likeness (QED) is 0.885. The van der Waals surface area contributed by atoms with Crippen LogP contribution in [0.4, 0.5) is 0 Å². The fourth-order valence-electron chi connectivity index (χ4n) is 2.96. The summed E-state index contributed by atoms with van der Waals surface area (Å²) >= 11 is 0. The Morgan fingerprint density at radius 2 is 1.83 bits per heavy atom. The van der Waals surface area contributed by atoms with Gasteiger partial charge < -0.3 is 14.6 Å². The van der Waals surface area contributed by atoms with Crippen molar-refractivity contribution in [2.75, 3.05) is 39.5 Å². The summed E-state index contributed by atoms with van der Waals surface area (Å²) in [5, 5.41) is 10.4. The highest BCUT2D eigenvalue weighted by atomic mass is 16.5. The molecule has 1 heterocycles. The number of hydrogen-bond donors (Lipinski definition) is 1. The average Bonchev–Trinajstić information content (AvgIpc) is 2.63. The molecule has 0 bridgehead atoms. The van der Waals surface area contributed by atoms with E-state index in [-0.39, 0.29) is 0 Å². The van der Waals surface area contributed by atoms with Crippen LogP contribution >= 0.6 is 0 Å². The Kier molecular flexibility index (Phi) is 5.86. The third-order valence-electron chi connectivity index (χ3n) is 4.31. The molecule has 2 aromatic carbocycles. The van der Waals surface area contributed by atoms with Gasteiger partial charge in [0.1, 0.15) is 5.75 Å². The minimum atomic E-state index is -0.466. The Bertz CT molecular complexity index is 636. The zero-order chi connectivity index (χ0) is 16.8. The fourth-order valence-corrected chi connectivity index (χ4v) is 2.96. The lowest BCUT2D eigenvalue weighted by atomic mass is 10.0. The molecular weight excluding hydrogens is 302 g/mol. The molecule has 1 aliphatic rings. The molecule has 0 saturated carbocycles. The lowest BCUT2D eigenvalue weighted by Gasteiger charge is -2.28. The number of rotatable bonds is 6. The molecule has 0 spiro atoms. The topological polar surface area (TPSA) is 41.9 Å². The van der Waals surface area contributed by atoms with Gasteiger partial charge in [0, 0.05) is 19.6 Å². The van der Waals surface area contributed by atoms with Crippen LogP contribution in [0.5, 0.6) is 5.75 Å². The van der Waals surface area contributed by atoms with Crippen molar-refractivity contribution in [2.45, 2.75) is 13.0 Å². The maximum atomic E-state index is 10.4. The lowest BCUT2D eigenvalue weighted by Crippen LogP contribution is -2.38. The molecule has 2 aromatic rings. The largest absolute Gasteiger partial charge is 0.494 e. The van der Waals surface area contributed by atoms with Crippen molar-refractivity contribution >= 4 is 0 Å². The molecule has 0 radical (unpaired) electrons. The number of aliphatic hydroxyl groups excluding tert-OH is 1. The number of aliphatic hydroxyl groups is 1. The summed E-state index contributed by atoms with van der Waals surface area (Å²) < 4.78 is 10.9. The van der Waals surface area contributed by atoms with E-state index in [2.05, 4.69) is 23.1 Å². The molecule has 3 rings (SSSR count). The van der Waals surface area contributed by atoms with Gasteiger partial charge in [-0.3, -0.25) is 4.90 Å². The molecule has 0 aliphatic carbocycles. The van der Waals surface area contributed by atoms with Crippen molar-refractivity contribution in [3.8, 4) is 16.9 Å². The number of morpholine rings is 1. The number of hydrogen-bond acceptors (Lipinski definition) is 4. The highest BCUT2D eigenvalue weighted by Gasteiger charge is 2.16. The summed E-state index contributed by atoms with van der Waals surface area (Å²) in [4.78, 5) is 2.24. The van der Waals surface area contributed by atoms with Crippen molar-refractivity contribution in [2.24, 2.45) is 0 Å². The van der Waals surface area contributed by atoms with E-state index in [1.54, 1.807) is 0 Å². The fraction of sp³-hybridized carbons (Fsp3) is 0.400. The molecule has 4 nitrogen and oxygen atoms in total. The standard InChI is InChI=1S/C20H25NO3/c1-2-24-19-5-3-4-18(14-19)16-6-8-17(9-7-16)20(22)15-21-10-12-23-13-11-21/h3-9,14,20,22H,2,10-13,15H2,1H3/t20-/m1/s1. The van der Waals surface area contributed by atoms with E-state index in [4.69, 9.17) is 9.47 Å². The highest BCUT2D eigenvalue weighted by Crippen LogP contribution is 2.26. The van der Waals surface area contributed by atoms with Crippen LogP contribution in [0.15, 0.2) is 48.5 Å². The van der Waals surface area contributed by atoms with Gasteiger partial charge in [-0.2, -0.15) is 0 Å². The first-order chi connectivity index (χ1) is 11.8. The molecule has 1 saturated heterocycles. The Hall–Kier alpha value is -1.88. The first-order valence-corrected chi connectivity index (χ1v) is 8.57. The van der Waals surface area contributed by atoms with Crippen molar-refractivity contribution in [3.63, 3.8) is 0 Å². The predicted molar refractivity (Wildman–Crippen MR) is 95.3 cm³/mol. The molecule has 0 amide bonds. The summed E-state index contributed by atoms with van der Waals surface area (Å²) in [6.07, 6.45) is -0.466. The summed E-state index contributed by atoms with van der Waals surface area (Å²) in [6, 6.07) is 16.2. The Morgan fingerprint density at radius 1 is 1.08 bits per heavy atom. The van der Waals surface area contributed by atoms with Crippen molar-refractivity contribution in [1.82, 2.24) is 4.90 Å². The summed E-state index contributed by atoms with van der Waals surface area (Å²) in [5.41, 5.74) is 3.19. The number of benzene rings is 2. The van der Waals surface area contributed by atoms with Gasteiger partial charge in [0.05, 0.1) is 25.9 Å². The highest BCUT2D eigenvalue weighted by molar-refractivity contribution is 5.65. The number of nitrogens with zero attached hydrogens (tertiary/aromatic N) is 1. The Balaban J connectivity index is 1.67. The summed E-state index contributed by atoms with van der Waals surface area (Å²) in [6.45, 7) is 6.58. The second-order valence-corrected chi connectivity index (χ2v) is 6.01. The van der Waals surface area contributed by atoms with Crippen LogP contribution in [-0.4, -0.2) is 49.5 Å². The SMILES string of the molecule is CCOc1cccc(-c2ccc([C@H](O)CN3CCOCC3)cc2)c1. The van der Waals surface area contributed by atoms with Gasteiger partial charge in [-0.1, -0.05) is 36.4 Å². The molecular formula is C20H25NO3. The lowest BCUT2D eigenvalue weighted by molar-refractivity contribution is 0.0143. The van der Waals surface area contributed by atoms with E-state index in [1.807, 2.05) is 37.3 Å². The van der Waals surface area contributed by atoms with E-state index in [9.17, 15) is 5.11 Å². The molecule has 0 aromatic heterocycles. The third kappa shape index (κ3) is 4.35. The van der Waals surface area contributed by atoms with E-state index < -0.39 is 6.10 Å². The monoisotopic (exact) mass is 327 g/mol. The average molecular weight is 327 g/mol. The Morgan fingerprint density at radius 3 is 2.54 bits per heavy atom. The first-order valence-electron chi connectivity index (χ1n) is 8.57. The van der Waals surface area contributed by atoms with Crippen LogP contribution < -0.4 is 4.74 Å². The van der Waals surface area contributed by atoms with Crippen molar-refractivity contribution in [3.05, 3.63) is 54.1 Å². The van der Waals surface area contributed by atoms with Crippen molar-refractivity contribution < 1.29 is 14.6 Å². The van der Waals surface area contributed by atoms with Crippen LogP contribution in [0.25, 0.3) is 11.1 Å². The van der Waals surface area contributed by atoms with E-state index >= 15 is 0 Å². The van der Waals surface area contributed by atoms with Gasteiger partial charge in [-0.15, -0.1) is 0 Å². The normalized spacial score (nSPS) is 16.8. The van der Waals surface area contributed by atoms with Gasteiger partial charge in [0.25, 0.3) is 0 Å². The van der Waals surface area contributed by atoms with Gasteiger partial charge in [-0.25, -0.2) is 0 Å². The van der Waals surface area contributed by atoms with Crippen molar-refractivity contribution in [1.29, 1.82) is 0 Å². The molecule has 1 fully saturated rings. The molecule has 128 valence electrons. The molecule has 24 heavy (non-hydrogen) atoms. The number of ether oxygens (including phenoxy) is 2. The van der Waals surface area contributed by atoms with Gasteiger partial charge in [0.2, 0.25) is 0 Å². The molecule has 1 N–H and O–H groups in total. The minimum Gasteiger partial charge on any atom is -0.494 e. The van der Waals surface area contributed by atoms with Gasteiger partial charge in [0.15, 0.2) is 0 Å². The van der Waals surface area contributed by atoms with Gasteiger partial charge in [-0.05, 0) is 35.7 Å². The van der Waals surface area contributed by atoms with Crippen LogP contribution in [0.1, 0.15) is 18.6 Å². The third-order valence-corrected chi connectivity index (χ3v) is 4.31. The molecule has 1 atom stereocenters. The predicted octanol–water partition coefficient (Wildman–Crippen LogP) is 3.12. The van der Waals surface area contributed by atoms with Crippen LogP contribution in [-0.2, 0) is 4.74 Å². The smallest absolute Gasteiger partial charge is 0.119 e.